The van der Waals surface area contributed by atoms with Crippen LogP contribution in [0.15, 0.2) is 6.07 Å². The molecule has 0 aromatic heterocycles. The lowest BCUT2D eigenvalue weighted by Gasteiger charge is -2.41. The Hall–Kier alpha value is -1.26. The summed E-state index contributed by atoms with van der Waals surface area (Å²) in [6, 6.07) is 2.08. The second kappa shape index (κ2) is 5.39. The minimum absolute atomic E-state index is 0.104. The average Bonchev–Trinajstić information content (AvgIpc) is 2.36. The van der Waals surface area contributed by atoms with Gasteiger partial charge in [-0.25, -0.2) is 0 Å². The number of ether oxygens (including phenoxy) is 2. The number of hydrogen-bond acceptors (Lipinski definition) is 4. The van der Waals surface area contributed by atoms with Crippen LogP contribution in [0.25, 0.3) is 0 Å². The van der Waals surface area contributed by atoms with Gasteiger partial charge in [-0.2, -0.15) is 0 Å². The molecule has 0 bridgehead atoms. The van der Waals surface area contributed by atoms with Crippen LogP contribution in [0.2, 0.25) is 0 Å². The molecular formula is C15H24N2O2. The molecule has 1 heterocycles. The monoisotopic (exact) mass is 264 g/mol. The van der Waals surface area contributed by atoms with E-state index in [9.17, 15) is 0 Å². The van der Waals surface area contributed by atoms with Gasteiger partial charge in [-0.15, -0.1) is 0 Å². The van der Waals surface area contributed by atoms with Crippen LogP contribution in [0, 0.1) is 26.2 Å². The summed E-state index contributed by atoms with van der Waals surface area (Å²) in [6.07, 6.45) is 0. The Kier molecular flexibility index (Phi) is 4.02. The first-order chi connectivity index (χ1) is 9.03. The molecule has 3 N–H and O–H groups in total. The smallest absolute Gasteiger partial charge is 0.122 e. The lowest BCUT2D eigenvalue weighted by molar-refractivity contribution is -0.0979. The number of hydrogen-bond donors (Lipinski definition) is 2. The molecule has 1 aliphatic heterocycles. The SMILES string of the molecule is COc1cc(C)c(NCC2(CN)COC2)c(C)c1C. The van der Waals surface area contributed by atoms with Crippen molar-refractivity contribution >= 4 is 5.69 Å². The number of methoxy groups -OCH3 is 1. The molecule has 1 fully saturated rings. The Bertz CT molecular complexity index is 462. The van der Waals surface area contributed by atoms with Crippen LogP contribution in [0.1, 0.15) is 16.7 Å². The van der Waals surface area contributed by atoms with Crippen molar-refractivity contribution < 1.29 is 9.47 Å². The normalized spacial score (nSPS) is 16.9. The third kappa shape index (κ3) is 2.55. The molecule has 0 unspecified atom stereocenters. The fourth-order valence-corrected chi connectivity index (χ4v) is 2.49. The predicted octanol–water partition coefficient (Wildman–Crippen LogP) is 2.01. The van der Waals surface area contributed by atoms with Crippen LogP contribution in [-0.2, 0) is 4.74 Å². The van der Waals surface area contributed by atoms with Gasteiger partial charge < -0.3 is 20.5 Å². The highest BCUT2D eigenvalue weighted by atomic mass is 16.5. The van der Waals surface area contributed by atoms with Crippen LogP contribution in [0.3, 0.4) is 0 Å². The summed E-state index contributed by atoms with van der Waals surface area (Å²) in [7, 11) is 1.71. The largest absolute Gasteiger partial charge is 0.496 e. The zero-order valence-electron chi connectivity index (χ0n) is 12.3. The molecule has 0 saturated carbocycles. The maximum absolute atomic E-state index is 5.84. The van der Waals surface area contributed by atoms with Gasteiger partial charge in [-0.3, -0.25) is 0 Å². The summed E-state index contributed by atoms with van der Waals surface area (Å²) >= 11 is 0. The quantitative estimate of drug-likeness (QED) is 0.854. The van der Waals surface area contributed by atoms with Gasteiger partial charge in [-0.1, -0.05) is 0 Å². The minimum atomic E-state index is 0.104. The van der Waals surface area contributed by atoms with Crippen molar-refractivity contribution in [2.24, 2.45) is 11.1 Å². The third-order valence-corrected chi connectivity index (χ3v) is 4.16. The van der Waals surface area contributed by atoms with E-state index in [1.165, 1.54) is 22.4 Å². The van der Waals surface area contributed by atoms with Crippen molar-refractivity contribution in [1.29, 1.82) is 0 Å². The van der Waals surface area contributed by atoms with Gasteiger partial charge in [0.05, 0.1) is 20.3 Å². The van der Waals surface area contributed by atoms with Crippen LogP contribution in [0.4, 0.5) is 5.69 Å². The van der Waals surface area contributed by atoms with Crippen molar-refractivity contribution in [2.45, 2.75) is 20.8 Å². The van der Waals surface area contributed by atoms with Gasteiger partial charge in [0.2, 0.25) is 0 Å². The van der Waals surface area contributed by atoms with Gasteiger partial charge in [0.1, 0.15) is 5.75 Å². The molecule has 0 radical (unpaired) electrons. The highest BCUT2D eigenvalue weighted by Crippen LogP contribution is 2.33. The van der Waals surface area contributed by atoms with Gasteiger partial charge >= 0.3 is 0 Å². The number of aryl methyl sites for hydroxylation is 1. The maximum Gasteiger partial charge on any atom is 0.122 e. The molecule has 0 atom stereocenters. The maximum atomic E-state index is 5.84. The molecule has 106 valence electrons. The van der Waals surface area contributed by atoms with E-state index >= 15 is 0 Å². The number of nitrogens with two attached hydrogens (primary N) is 1. The summed E-state index contributed by atoms with van der Waals surface area (Å²) < 4.78 is 10.7. The molecule has 0 aliphatic carbocycles. The lowest BCUT2D eigenvalue weighted by Crippen LogP contribution is -2.52. The van der Waals surface area contributed by atoms with Crippen LogP contribution in [0.5, 0.6) is 5.75 Å². The second-order valence-corrected chi connectivity index (χ2v) is 5.57. The molecule has 4 heteroatoms. The van der Waals surface area contributed by atoms with E-state index in [4.69, 9.17) is 15.2 Å². The summed E-state index contributed by atoms with van der Waals surface area (Å²) in [5.74, 6) is 0.945. The van der Waals surface area contributed by atoms with E-state index in [-0.39, 0.29) is 5.41 Å². The van der Waals surface area contributed by atoms with E-state index in [1.54, 1.807) is 7.11 Å². The molecule has 1 aliphatic rings. The van der Waals surface area contributed by atoms with Crippen LogP contribution < -0.4 is 15.8 Å². The summed E-state index contributed by atoms with van der Waals surface area (Å²) in [5, 5.41) is 3.55. The highest BCUT2D eigenvalue weighted by molar-refractivity contribution is 5.63. The molecule has 1 aromatic rings. The Labute approximate surface area is 115 Å². The molecule has 19 heavy (non-hydrogen) atoms. The van der Waals surface area contributed by atoms with Crippen molar-refractivity contribution in [3.05, 3.63) is 22.8 Å². The Morgan fingerprint density at radius 1 is 1.32 bits per heavy atom. The van der Waals surface area contributed by atoms with E-state index < -0.39 is 0 Å². The topological polar surface area (TPSA) is 56.5 Å². The number of anilines is 1. The fourth-order valence-electron chi connectivity index (χ4n) is 2.49. The zero-order valence-corrected chi connectivity index (χ0v) is 12.3. The highest BCUT2D eigenvalue weighted by Gasteiger charge is 2.37. The van der Waals surface area contributed by atoms with Crippen molar-refractivity contribution in [3.8, 4) is 5.75 Å². The van der Waals surface area contributed by atoms with Crippen LogP contribution >= 0.6 is 0 Å². The Balaban J connectivity index is 2.18. The Morgan fingerprint density at radius 3 is 2.47 bits per heavy atom. The minimum Gasteiger partial charge on any atom is -0.496 e. The van der Waals surface area contributed by atoms with E-state index in [1.807, 2.05) is 0 Å². The lowest BCUT2D eigenvalue weighted by atomic mass is 9.86. The van der Waals surface area contributed by atoms with Crippen molar-refractivity contribution in [3.63, 3.8) is 0 Å². The fraction of sp³-hybridized carbons (Fsp3) is 0.600. The standard InChI is InChI=1S/C15H24N2O2/c1-10-5-13(18-4)11(2)12(3)14(10)17-7-15(6-16)8-19-9-15/h5,17H,6-9,16H2,1-4H3. The Morgan fingerprint density at radius 2 is 2.00 bits per heavy atom. The zero-order chi connectivity index (χ0) is 14.0. The first kappa shape index (κ1) is 14.2. The van der Waals surface area contributed by atoms with Gasteiger partial charge in [0.25, 0.3) is 0 Å². The first-order valence-electron chi connectivity index (χ1n) is 6.69. The van der Waals surface area contributed by atoms with E-state index in [0.29, 0.717) is 6.54 Å². The van der Waals surface area contributed by atoms with Gasteiger partial charge in [-0.05, 0) is 43.5 Å². The second-order valence-electron chi connectivity index (χ2n) is 5.57. The molecule has 4 nitrogen and oxygen atoms in total. The first-order valence-corrected chi connectivity index (χ1v) is 6.69. The molecule has 0 amide bonds. The summed E-state index contributed by atoms with van der Waals surface area (Å²) in [4.78, 5) is 0. The molecule has 2 rings (SSSR count). The van der Waals surface area contributed by atoms with Gasteiger partial charge in [0, 0.05) is 24.2 Å². The average molecular weight is 264 g/mol. The number of rotatable bonds is 5. The molecule has 1 aromatic carbocycles. The third-order valence-electron chi connectivity index (χ3n) is 4.16. The van der Waals surface area contributed by atoms with Crippen LogP contribution in [-0.4, -0.2) is 33.4 Å². The molecular weight excluding hydrogens is 240 g/mol. The number of nitrogens with one attached hydrogen (secondary N) is 1. The van der Waals surface area contributed by atoms with Crippen molar-refractivity contribution in [2.75, 3.05) is 38.7 Å². The summed E-state index contributed by atoms with van der Waals surface area (Å²) in [5.41, 5.74) is 10.8. The molecule has 1 saturated heterocycles. The predicted molar refractivity (Wildman–Crippen MR) is 78.0 cm³/mol. The van der Waals surface area contributed by atoms with E-state index in [2.05, 4.69) is 32.2 Å². The number of benzene rings is 1. The van der Waals surface area contributed by atoms with Gasteiger partial charge in [0.15, 0.2) is 0 Å². The molecule has 0 spiro atoms. The summed E-state index contributed by atoms with van der Waals surface area (Å²) in [6.45, 7) is 9.34. The van der Waals surface area contributed by atoms with E-state index in [0.717, 1.165) is 25.5 Å². The van der Waals surface area contributed by atoms with Crippen molar-refractivity contribution in [1.82, 2.24) is 0 Å².